The van der Waals surface area contributed by atoms with E-state index in [-0.39, 0.29) is 14.8 Å². The molecule has 1 unspecified atom stereocenters. The average molecular weight is 416 g/mol. The number of aryl methyl sites for hydroxylation is 2. The number of benzene rings is 2. The van der Waals surface area contributed by atoms with Crippen molar-refractivity contribution < 1.29 is 13.9 Å². The summed E-state index contributed by atoms with van der Waals surface area (Å²) >= 11 is 1.11. The number of nitro groups is 1. The minimum absolute atomic E-state index is 0.0174. The zero-order chi connectivity index (χ0) is 20.4. The van der Waals surface area contributed by atoms with Gasteiger partial charge in [-0.15, -0.1) is 10.2 Å². The Labute approximate surface area is 167 Å². The second-order valence-electron chi connectivity index (χ2n) is 5.95. The number of amides is 1. The van der Waals surface area contributed by atoms with Crippen LogP contribution in [0.3, 0.4) is 0 Å². The molecule has 1 aromatic heterocycles. The predicted octanol–water partition coefficient (Wildman–Crippen LogP) is 3.51. The molecule has 144 valence electrons. The van der Waals surface area contributed by atoms with Crippen molar-refractivity contribution in [2.75, 3.05) is 11.9 Å². The van der Waals surface area contributed by atoms with Crippen molar-refractivity contribution >= 4 is 39.4 Å². The Hall–Kier alpha value is -2.98. The van der Waals surface area contributed by atoms with Crippen molar-refractivity contribution in [3.63, 3.8) is 0 Å². The number of hydrogen-bond donors (Lipinski definition) is 0. The number of carbonyl (C=O) groups is 1. The van der Waals surface area contributed by atoms with Crippen LogP contribution in [0.2, 0.25) is 0 Å². The number of anilines is 1. The molecule has 28 heavy (non-hydrogen) atoms. The van der Waals surface area contributed by atoms with Gasteiger partial charge in [-0.1, -0.05) is 29.5 Å². The molecule has 1 heterocycles. The number of nitro benzene ring substituents is 1. The van der Waals surface area contributed by atoms with Gasteiger partial charge in [0.1, 0.15) is 20.7 Å². The lowest BCUT2D eigenvalue weighted by atomic mass is 10.1. The molecule has 8 nitrogen and oxygen atoms in total. The molecule has 0 aliphatic carbocycles. The van der Waals surface area contributed by atoms with Crippen LogP contribution in [0, 0.1) is 24.0 Å². The predicted molar refractivity (Wildman–Crippen MR) is 106 cm³/mol. The highest BCUT2D eigenvalue weighted by Crippen LogP contribution is 2.30. The summed E-state index contributed by atoms with van der Waals surface area (Å²) in [5, 5.41) is 19.7. The van der Waals surface area contributed by atoms with Gasteiger partial charge in [0, 0.05) is 24.4 Å². The van der Waals surface area contributed by atoms with E-state index in [1.165, 1.54) is 17.0 Å². The van der Waals surface area contributed by atoms with Gasteiger partial charge in [-0.25, -0.2) is 4.21 Å². The smallest absolute Gasteiger partial charge is 0.286 e. The Bertz CT molecular complexity index is 1100. The number of rotatable bonds is 5. The first-order chi connectivity index (χ1) is 13.3. The Balaban J connectivity index is 1.99. The summed E-state index contributed by atoms with van der Waals surface area (Å²) < 4.78 is 12.9. The maximum absolute atomic E-state index is 12.8. The molecule has 0 radical (unpaired) electrons. The SMILES string of the molecule is Cc1nnc(S(=O)c2ccc(C(=O)N(C)c3ccccc3C)cc2[N+](=O)[O-])s1. The molecule has 10 heteroatoms. The molecule has 0 saturated carbocycles. The Morgan fingerprint density at radius 1 is 1.18 bits per heavy atom. The lowest BCUT2D eigenvalue weighted by Gasteiger charge is -2.19. The number of carbonyl (C=O) groups excluding carboxylic acids is 1. The first kappa shape index (κ1) is 19.8. The highest BCUT2D eigenvalue weighted by molar-refractivity contribution is 7.87. The first-order valence-corrected chi connectivity index (χ1v) is 10.1. The van der Waals surface area contributed by atoms with Gasteiger partial charge in [-0.05, 0) is 37.6 Å². The topological polar surface area (TPSA) is 106 Å². The van der Waals surface area contributed by atoms with E-state index in [0.717, 1.165) is 23.0 Å². The molecule has 0 saturated heterocycles. The van der Waals surface area contributed by atoms with E-state index >= 15 is 0 Å². The van der Waals surface area contributed by atoms with Crippen molar-refractivity contribution in [1.29, 1.82) is 0 Å². The molecule has 1 amide bonds. The fraction of sp³-hybridized carbons (Fsp3) is 0.167. The van der Waals surface area contributed by atoms with Gasteiger partial charge >= 0.3 is 0 Å². The third-order valence-electron chi connectivity index (χ3n) is 4.05. The van der Waals surface area contributed by atoms with Crippen LogP contribution in [0.4, 0.5) is 11.4 Å². The van der Waals surface area contributed by atoms with Crippen molar-refractivity contribution in [2.24, 2.45) is 0 Å². The molecule has 0 fully saturated rings. The second-order valence-corrected chi connectivity index (χ2v) is 8.75. The van der Waals surface area contributed by atoms with Crippen molar-refractivity contribution in [2.45, 2.75) is 23.1 Å². The minimum Gasteiger partial charge on any atom is -0.311 e. The molecule has 2 aromatic carbocycles. The quantitative estimate of drug-likeness (QED) is 0.465. The maximum atomic E-state index is 12.8. The number of aromatic nitrogens is 2. The van der Waals surface area contributed by atoms with Gasteiger partial charge in [-0.2, -0.15) is 0 Å². The largest absolute Gasteiger partial charge is 0.311 e. The zero-order valence-electron chi connectivity index (χ0n) is 15.3. The average Bonchev–Trinajstić information content (AvgIpc) is 3.12. The Morgan fingerprint density at radius 2 is 1.89 bits per heavy atom. The number of nitrogens with zero attached hydrogens (tertiary/aromatic N) is 4. The van der Waals surface area contributed by atoms with Crippen molar-refractivity contribution in [3.05, 3.63) is 68.7 Å². The summed E-state index contributed by atoms with van der Waals surface area (Å²) in [6.07, 6.45) is 0. The summed E-state index contributed by atoms with van der Waals surface area (Å²) in [5.41, 5.74) is 1.34. The molecule has 0 N–H and O–H groups in total. The van der Waals surface area contributed by atoms with E-state index in [2.05, 4.69) is 10.2 Å². The standard InChI is InChI=1S/C18H16N4O4S2/c1-11-6-4-5-7-14(11)21(3)17(23)13-8-9-16(15(10-13)22(24)25)28(26)18-20-19-12(2)27-18/h4-10H,1-3H3. The second kappa shape index (κ2) is 7.95. The molecule has 3 rings (SSSR count). The maximum Gasteiger partial charge on any atom is 0.286 e. The number of para-hydroxylation sites is 1. The van der Waals surface area contributed by atoms with Gasteiger partial charge in [0.25, 0.3) is 11.6 Å². The van der Waals surface area contributed by atoms with Gasteiger partial charge in [0.2, 0.25) is 4.34 Å². The van der Waals surface area contributed by atoms with E-state index in [4.69, 9.17) is 0 Å². The Morgan fingerprint density at radius 3 is 2.50 bits per heavy atom. The van der Waals surface area contributed by atoms with E-state index in [9.17, 15) is 19.1 Å². The summed E-state index contributed by atoms with van der Waals surface area (Å²) in [5.74, 6) is -0.401. The minimum atomic E-state index is -1.85. The highest BCUT2D eigenvalue weighted by atomic mass is 32.2. The molecule has 0 aliphatic heterocycles. The van der Waals surface area contributed by atoms with Crippen LogP contribution in [0.25, 0.3) is 0 Å². The summed E-state index contributed by atoms with van der Waals surface area (Å²) in [7, 11) is -0.248. The van der Waals surface area contributed by atoms with E-state index < -0.39 is 27.3 Å². The molecule has 1 atom stereocenters. The number of hydrogen-bond acceptors (Lipinski definition) is 7. The highest BCUT2D eigenvalue weighted by Gasteiger charge is 2.26. The summed E-state index contributed by atoms with van der Waals surface area (Å²) in [4.78, 5) is 25.1. The van der Waals surface area contributed by atoms with Crippen molar-refractivity contribution in [1.82, 2.24) is 10.2 Å². The monoisotopic (exact) mass is 416 g/mol. The molecule has 0 spiro atoms. The van der Waals surface area contributed by atoms with E-state index in [0.29, 0.717) is 10.7 Å². The first-order valence-electron chi connectivity index (χ1n) is 8.13. The van der Waals surface area contributed by atoms with Crippen LogP contribution in [0.1, 0.15) is 20.9 Å². The molecule has 3 aromatic rings. The van der Waals surface area contributed by atoms with Gasteiger partial charge in [0.15, 0.2) is 0 Å². The fourth-order valence-electron chi connectivity index (χ4n) is 2.64. The lowest BCUT2D eigenvalue weighted by molar-refractivity contribution is -0.387. The van der Waals surface area contributed by atoms with Crippen LogP contribution in [0.15, 0.2) is 51.7 Å². The third kappa shape index (κ3) is 3.82. The van der Waals surface area contributed by atoms with Crippen LogP contribution in [0.5, 0.6) is 0 Å². The summed E-state index contributed by atoms with van der Waals surface area (Å²) in [6, 6.07) is 11.3. The van der Waals surface area contributed by atoms with Crippen LogP contribution in [-0.2, 0) is 10.8 Å². The lowest BCUT2D eigenvalue weighted by Crippen LogP contribution is -2.27. The third-order valence-corrected chi connectivity index (χ3v) is 6.53. The molecular formula is C18H16N4O4S2. The molecular weight excluding hydrogens is 400 g/mol. The van der Waals surface area contributed by atoms with Gasteiger partial charge in [0.05, 0.1) is 4.92 Å². The van der Waals surface area contributed by atoms with E-state index in [1.807, 2.05) is 25.1 Å². The molecule has 0 bridgehead atoms. The van der Waals surface area contributed by atoms with E-state index in [1.54, 1.807) is 20.0 Å². The molecule has 0 aliphatic rings. The van der Waals surface area contributed by atoms with Crippen molar-refractivity contribution in [3.8, 4) is 0 Å². The van der Waals surface area contributed by atoms with Crippen LogP contribution >= 0.6 is 11.3 Å². The van der Waals surface area contributed by atoms with Crippen LogP contribution < -0.4 is 4.90 Å². The van der Waals surface area contributed by atoms with Gasteiger partial charge < -0.3 is 4.90 Å². The van der Waals surface area contributed by atoms with Crippen LogP contribution in [-0.4, -0.2) is 32.3 Å². The fourth-order valence-corrected chi connectivity index (χ4v) is 4.81. The summed E-state index contributed by atoms with van der Waals surface area (Å²) in [6.45, 7) is 3.58. The zero-order valence-corrected chi connectivity index (χ0v) is 16.9. The normalized spacial score (nSPS) is 11.8. The van der Waals surface area contributed by atoms with Gasteiger partial charge in [-0.3, -0.25) is 14.9 Å². The Kier molecular flexibility index (Phi) is 5.61.